The molecule has 2 aromatic heterocycles. The van der Waals surface area contributed by atoms with E-state index in [9.17, 15) is 0 Å². The summed E-state index contributed by atoms with van der Waals surface area (Å²) >= 11 is 1.75. The van der Waals surface area contributed by atoms with Gasteiger partial charge in [-0.05, 0) is 17.7 Å². The van der Waals surface area contributed by atoms with E-state index in [0.29, 0.717) is 0 Å². The molecule has 0 amide bonds. The zero-order chi connectivity index (χ0) is 13.6. The molecule has 0 radical (unpaired) electrons. The van der Waals surface area contributed by atoms with Crippen molar-refractivity contribution in [3.05, 3.63) is 79.0 Å². The van der Waals surface area contributed by atoms with Crippen molar-refractivity contribution in [1.82, 2.24) is 14.5 Å². The minimum Gasteiger partial charge on any atom is -0.324 e. The molecule has 100 valence electrons. The molecule has 1 aromatic carbocycles. The predicted octanol–water partition coefficient (Wildman–Crippen LogP) is 3.81. The number of benzene rings is 1. The van der Waals surface area contributed by atoms with Crippen LogP contribution in [0.25, 0.3) is 0 Å². The molecule has 0 aliphatic heterocycles. The van der Waals surface area contributed by atoms with Crippen molar-refractivity contribution in [1.29, 1.82) is 0 Å². The van der Waals surface area contributed by atoms with Crippen LogP contribution in [-0.4, -0.2) is 14.5 Å². The van der Waals surface area contributed by atoms with E-state index in [1.54, 1.807) is 11.8 Å². The van der Waals surface area contributed by atoms with Gasteiger partial charge in [-0.3, -0.25) is 0 Å². The number of thioether (sulfide) groups is 1. The Morgan fingerprint density at radius 3 is 2.55 bits per heavy atom. The van der Waals surface area contributed by atoms with Gasteiger partial charge < -0.3 is 4.57 Å². The first-order chi connectivity index (χ1) is 9.92. The highest BCUT2D eigenvalue weighted by molar-refractivity contribution is 7.99. The largest absolute Gasteiger partial charge is 0.324 e. The monoisotopic (exact) mass is 281 g/mol. The standard InChI is InChI=1S/C16H15N3S/c1-2-6-14(7-3-1)12-16(19-11-10-17-13-19)20-15-8-4-5-9-18-15/h1-11,13,16H,12H2. The summed E-state index contributed by atoms with van der Waals surface area (Å²) in [5.74, 6) is 0. The maximum absolute atomic E-state index is 4.40. The Kier molecular flexibility index (Phi) is 4.13. The Balaban J connectivity index is 1.81. The third-order valence-electron chi connectivity index (χ3n) is 3.01. The third-order valence-corrected chi connectivity index (χ3v) is 4.17. The molecule has 0 spiro atoms. The molecule has 0 aliphatic rings. The van der Waals surface area contributed by atoms with Crippen LogP contribution >= 0.6 is 11.8 Å². The van der Waals surface area contributed by atoms with E-state index in [0.717, 1.165) is 11.4 Å². The van der Waals surface area contributed by atoms with Crippen molar-refractivity contribution < 1.29 is 0 Å². The van der Waals surface area contributed by atoms with Gasteiger partial charge in [0.2, 0.25) is 0 Å². The van der Waals surface area contributed by atoms with Crippen LogP contribution in [0, 0.1) is 0 Å². The zero-order valence-electron chi connectivity index (χ0n) is 11.0. The summed E-state index contributed by atoms with van der Waals surface area (Å²) in [4.78, 5) is 8.55. The summed E-state index contributed by atoms with van der Waals surface area (Å²) in [6, 6.07) is 16.5. The van der Waals surface area contributed by atoms with Crippen LogP contribution in [0.15, 0.2) is 78.5 Å². The van der Waals surface area contributed by atoms with Crippen LogP contribution in [0.1, 0.15) is 10.9 Å². The first-order valence-corrected chi connectivity index (χ1v) is 7.39. The number of nitrogens with zero attached hydrogens (tertiary/aromatic N) is 3. The number of imidazole rings is 1. The van der Waals surface area contributed by atoms with Crippen molar-refractivity contribution >= 4 is 11.8 Å². The smallest absolute Gasteiger partial charge is 0.0980 e. The Morgan fingerprint density at radius 1 is 1.00 bits per heavy atom. The summed E-state index contributed by atoms with van der Waals surface area (Å²) in [7, 11) is 0. The lowest BCUT2D eigenvalue weighted by Crippen LogP contribution is -2.07. The molecule has 1 unspecified atom stereocenters. The molecule has 0 bridgehead atoms. The molecule has 1 atom stereocenters. The number of aromatic nitrogens is 3. The number of pyridine rings is 1. The molecular formula is C16H15N3S. The summed E-state index contributed by atoms with van der Waals surface area (Å²) in [5, 5.41) is 1.29. The molecule has 3 rings (SSSR count). The van der Waals surface area contributed by atoms with E-state index in [1.807, 2.05) is 49.2 Å². The second-order valence-electron chi connectivity index (χ2n) is 4.44. The van der Waals surface area contributed by atoms with Crippen molar-refractivity contribution in [2.45, 2.75) is 16.8 Å². The second kappa shape index (κ2) is 6.39. The van der Waals surface area contributed by atoms with Crippen LogP contribution in [0.4, 0.5) is 0 Å². The SMILES string of the molecule is c1ccc(CC(Sc2ccccn2)n2ccnc2)cc1. The van der Waals surface area contributed by atoms with Gasteiger partial charge >= 0.3 is 0 Å². The van der Waals surface area contributed by atoms with Crippen LogP contribution in [0.3, 0.4) is 0 Å². The lowest BCUT2D eigenvalue weighted by Gasteiger charge is -2.17. The Labute approximate surface area is 122 Å². The fourth-order valence-corrected chi connectivity index (χ4v) is 3.10. The van der Waals surface area contributed by atoms with E-state index in [4.69, 9.17) is 0 Å². The van der Waals surface area contributed by atoms with Gasteiger partial charge in [0.25, 0.3) is 0 Å². The van der Waals surface area contributed by atoms with E-state index in [-0.39, 0.29) is 5.37 Å². The van der Waals surface area contributed by atoms with Gasteiger partial charge in [-0.25, -0.2) is 9.97 Å². The molecule has 3 nitrogen and oxygen atoms in total. The van der Waals surface area contributed by atoms with Gasteiger partial charge in [0.15, 0.2) is 0 Å². The van der Waals surface area contributed by atoms with Crippen LogP contribution in [0.2, 0.25) is 0 Å². The quantitative estimate of drug-likeness (QED) is 0.666. The van der Waals surface area contributed by atoms with Gasteiger partial charge in [-0.2, -0.15) is 0 Å². The first kappa shape index (κ1) is 12.9. The molecule has 0 saturated carbocycles. The maximum Gasteiger partial charge on any atom is 0.0980 e. The average Bonchev–Trinajstić information content (AvgIpc) is 3.03. The Hall–Kier alpha value is -2.07. The van der Waals surface area contributed by atoms with Gasteiger partial charge in [-0.15, -0.1) is 0 Å². The lowest BCUT2D eigenvalue weighted by molar-refractivity contribution is 0.672. The first-order valence-electron chi connectivity index (χ1n) is 6.51. The van der Waals surface area contributed by atoms with Gasteiger partial charge in [0.05, 0.1) is 16.7 Å². The van der Waals surface area contributed by atoms with E-state index in [2.05, 4.69) is 38.8 Å². The van der Waals surface area contributed by atoms with Crippen molar-refractivity contribution in [2.24, 2.45) is 0 Å². The summed E-state index contributed by atoms with van der Waals surface area (Å²) in [6.07, 6.45) is 8.46. The summed E-state index contributed by atoms with van der Waals surface area (Å²) in [5.41, 5.74) is 1.31. The molecule has 4 heteroatoms. The van der Waals surface area contributed by atoms with Crippen molar-refractivity contribution in [3.63, 3.8) is 0 Å². The fraction of sp³-hybridized carbons (Fsp3) is 0.125. The highest BCUT2D eigenvalue weighted by Gasteiger charge is 2.13. The van der Waals surface area contributed by atoms with E-state index >= 15 is 0 Å². The number of hydrogen-bond acceptors (Lipinski definition) is 3. The average molecular weight is 281 g/mol. The molecular weight excluding hydrogens is 266 g/mol. The van der Waals surface area contributed by atoms with Crippen molar-refractivity contribution in [3.8, 4) is 0 Å². The number of hydrogen-bond donors (Lipinski definition) is 0. The highest BCUT2D eigenvalue weighted by atomic mass is 32.2. The second-order valence-corrected chi connectivity index (χ2v) is 5.64. The predicted molar refractivity (Wildman–Crippen MR) is 81.5 cm³/mol. The summed E-state index contributed by atoms with van der Waals surface area (Å²) in [6.45, 7) is 0. The molecule has 0 saturated heterocycles. The van der Waals surface area contributed by atoms with Crippen molar-refractivity contribution in [2.75, 3.05) is 0 Å². The molecule has 20 heavy (non-hydrogen) atoms. The fourth-order valence-electron chi connectivity index (χ4n) is 2.02. The minimum absolute atomic E-state index is 0.259. The van der Waals surface area contributed by atoms with Crippen LogP contribution < -0.4 is 0 Å². The zero-order valence-corrected chi connectivity index (χ0v) is 11.8. The summed E-state index contributed by atoms with van der Waals surface area (Å²) < 4.78 is 2.13. The molecule has 3 aromatic rings. The third kappa shape index (κ3) is 3.27. The molecule has 0 fully saturated rings. The maximum atomic E-state index is 4.40. The van der Waals surface area contributed by atoms with Gasteiger partial charge in [0.1, 0.15) is 0 Å². The van der Waals surface area contributed by atoms with Crippen LogP contribution in [-0.2, 0) is 6.42 Å². The Bertz CT molecular complexity index is 582. The molecule has 2 heterocycles. The molecule has 0 aliphatic carbocycles. The van der Waals surface area contributed by atoms with Gasteiger partial charge in [-0.1, -0.05) is 48.2 Å². The molecule has 0 N–H and O–H groups in total. The normalized spacial score (nSPS) is 12.2. The lowest BCUT2D eigenvalue weighted by atomic mass is 10.1. The van der Waals surface area contributed by atoms with Crippen LogP contribution in [0.5, 0.6) is 0 Å². The van der Waals surface area contributed by atoms with E-state index in [1.165, 1.54) is 5.56 Å². The highest BCUT2D eigenvalue weighted by Crippen LogP contribution is 2.32. The minimum atomic E-state index is 0.259. The Morgan fingerprint density at radius 2 is 1.85 bits per heavy atom. The topological polar surface area (TPSA) is 30.7 Å². The van der Waals surface area contributed by atoms with E-state index < -0.39 is 0 Å². The van der Waals surface area contributed by atoms with Gasteiger partial charge in [0, 0.05) is 25.0 Å². The number of rotatable bonds is 5.